The Hall–Kier alpha value is -0.560. The third-order valence-corrected chi connectivity index (χ3v) is 2.06. The number of rotatable bonds is 1. The fraction of sp³-hybridized carbons (Fsp3) is 0.444. The molecule has 1 nitrogen and oxygen atoms in total. The Balaban J connectivity index is 2.80. The van der Waals surface area contributed by atoms with E-state index in [1.165, 1.54) is 0 Å². The first-order chi connectivity index (χ1) is 5.25. The molecule has 0 saturated heterocycles. The number of aliphatic imine (C=N–C) groups is 1. The molecule has 1 rings (SSSR count). The highest BCUT2D eigenvalue weighted by atomic mass is 35.5. The molecule has 1 aliphatic carbocycles. The minimum Gasteiger partial charge on any atom is -0.292 e. The number of alkyl halides is 1. The van der Waals surface area contributed by atoms with Gasteiger partial charge in [-0.05, 0) is 13.0 Å². The zero-order valence-corrected chi connectivity index (χ0v) is 7.55. The van der Waals surface area contributed by atoms with Crippen molar-refractivity contribution in [2.75, 3.05) is 7.05 Å². The van der Waals surface area contributed by atoms with Crippen molar-refractivity contribution in [1.29, 1.82) is 0 Å². The molecule has 0 spiro atoms. The van der Waals surface area contributed by atoms with Crippen molar-refractivity contribution in [3.63, 3.8) is 0 Å². The van der Waals surface area contributed by atoms with Gasteiger partial charge in [0.05, 0.1) is 0 Å². The van der Waals surface area contributed by atoms with Gasteiger partial charge < -0.3 is 0 Å². The summed E-state index contributed by atoms with van der Waals surface area (Å²) in [6.07, 6.45) is 8.08. The highest BCUT2D eigenvalue weighted by molar-refractivity contribution is 6.23. The van der Waals surface area contributed by atoms with Crippen molar-refractivity contribution < 1.29 is 0 Å². The van der Waals surface area contributed by atoms with Crippen LogP contribution in [0.15, 0.2) is 29.3 Å². The molecule has 0 aliphatic heterocycles. The fourth-order valence-corrected chi connectivity index (χ4v) is 1.37. The molecule has 2 heteroatoms. The minimum atomic E-state index is 0.120. The normalized spacial score (nSPS) is 29.4. The first-order valence-corrected chi connectivity index (χ1v) is 4.15. The maximum absolute atomic E-state index is 5.96. The quantitative estimate of drug-likeness (QED) is 0.535. The summed E-state index contributed by atoms with van der Waals surface area (Å²) in [6.45, 7) is 1.99. The summed E-state index contributed by atoms with van der Waals surface area (Å²) < 4.78 is 0. The first kappa shape index (κ1) is 8.54. The molecule has 2 atom stereocenters. The molecule has 2 unspecified atom stereocenters. The summed E-state index contributed by atoms with van der Waals surface area (Å²) in [4.78, 5) is 4.14. The topological polar surface area (TPSA) is 12.4 Å². The van der Waals surface area contributed by atoms with Gasteiger partial charge in [-0.1, -0.05) is 18.2 Å². The molecule has 0 bridgehead atoms. The van der Waals surface area contributed by atoms with Crippen molar-refractivity contribution in [1.82, 2.24) is 0 Å². The van der Waals surface area contributed by atoms with E-state index in [1.807, 2.05) is 25.2 Å². The van der Waals surface area contributed by atoms with Crippen molar-refractivity contribution in [3.05, 3.63) is 24.3 Å². The molecule has 0 fully saturated rings. The Labute approximate surface area is 72.5 Å². The van der Waals surface area contributed by atoms with E-state index in [1.54, 1.807) is 7.05 Å². The SMILES string of the molecule is C/N=C1/C=CC=CC1C(C)Cl. The lowest BCUT2D eigenvalue weighted by Crippen LogP contribution is -2.20. The van der Waals surface area contributed by atoms with E-state index in [4.69, 9.17) is 11.6 Å². The summed E-state index contributed by atoms with van der Waals surface area (Å²) in [5.41, 5.74) is 1.06. The lowest BCUT2D eigenvalue weighted by atomic mass is 9.95. The van der Waals surface area contributed by atoms with E-state index in [9.17, 15) is 0 Å². The van der Waals surface area contributed by atoms with Crippen molar-refractivity contribution >= 4 is 17.3 Å². The number of hydrogen-bond acceptors (Lipinski definition) is 1. The molecule has 0 heterocycles. The standard InChI is InChI=1S/C9H12ClN/c1-7(10)8-5-3-4-6-9(8)11-2/h3-8H,1-2H3/b11-9-. The van der Waals surface area contributed by atoms with Crippen LogP contribution in [-0.4, -0.2) is 18.1 Å². The van der Waals surface area contributed by atoms with E-state index in [0.717, 1.165) is 5.71 Å². The van der Waals surface area contributed by atoms with Gasteiger partial charge in [0, 0.05) is 24.1 Å². The molecular weight excluding hydrogens is 158 g/mol. The Kier molecular flexibility index (Phi) is 2.89. The molecule has 0 saturated carbocycles. The van der Waals surface area contributed by atoms with Crippen molar-refractivity contribution in [2.24, 2.45) is 10.9 Å². The third-order valence-electron chi connectivity index (χ3n) is 1.79. The molecule has 0 aromatic carbocycles. The molecule has 0 aromatic rings. The summed E-state index contributed by atoms with van der Waals surface area (Å²) in [6, 6.07) is 0. The molecule has 1 aliphatic rings. The maximum Gasteiger partial charge on any atom is 0.0428 e. The summed E-state index contributed by atoms with van der Waals surface area (Å²) >= 11 is 5.96. The van der Waals surface area contributed by atoms with Crippen LogP contribution in [0.3, 0.4) is 0 Å². The highest BCUT2D eigenvalue weighted by Crippen LogP contribution is 2.17. The lowest BCUT2D eigenvalue weighted by Gasteiger charge is -2.17. The predicted octanol–water partition coefficient (Wildman–Crippen LogP) is 2.43. The number of hydrogen-bond donors (Lipinski definition) is 0. The smallest absolute Gasteiger partial charge is 0.0428 e. The van der Waals surface area contributed by atoms with Crippen LogP contribution in [0.5, 0.6) is 0 Å². The van der Waals surface area contributed by atoms with E-state index in [-0.39, 0.29) is 11.3 Å². The van der Waals surface area contributed by atoms with Crippen LogP contribution in [0.1, 0.15) is 6.92 Å². The van der Waals surface area contributed by atoms with Crippen molar-refractivity contribution in [3.8, 4) is 0 Å². The number of nitrogens with zero attached hydrogens (tertiary/aromatic N) is 1. The highest BCUT2D eigenvalue weighted by Gasteiger charge is 2.17. The van der Waals surface area contributed by atoms with Gasteiger partial charge in [0.25, 0.3) is 0 Å². The van der Waals surface area contributed by atoms with Crippen LogP contribution < -0.4 is 0 Å². The van der Waals surface area contributed by atoms with Gasteiger partial charge >= 0.3 is 0 Å². The zero-order valence-electron chi connectivity index (χ0n) is 6.79. The van der Waals surface area contributed by atoms with Crippen LogP contribution in [-0.2, 0) is 0 Å². The van der Waals surface area contributed by atoms with E-state index in [0.29, 0.717) is 0 Å². The molecule has 11 heavy (non-hydrogen) atoms. The average Bonchev–Trinajstić information content (AvgIpc) is 2.04. The van der Waals surface area contributed by atoms with Gasteiger partial charge in [0.15, 0.2) is 0 Å². The molecule has 0 N–H and O–H groups in total. The van der Waals surface area contributed by atoms with Crippen LogP contribution in [0, 0.1) is 5.92 Å². The average molecular weight is 170 g/mol. The fourth-order valence-electron chi connectivity index (χ4n) is 1.16. The van der Waals surface area contributed by atoms with Gasteiger partial charge in [-0.3, -0.25) is 4.99 Å². The van der Waals surface area contributed by atoms with Gasteiger partial charge in [0.2, 0.25) is 0 Å². The Morgan fingerprint density at radius 3 is 2.73 bits per heavy atom. The molecular formula is C9H12ClN. The van der Waals surface area contributed by atoms with Crippen LogP contribution in [0.4, 0.5) is 0 Å². The van der Waals surface area contributed by atoms with E-state index >= 15 is 0 Å². The molecule has 0 amide bonds. The summed E-state index contributed by atoms with van der Waals surface area (Å²) in [5.74, 6) is 0.284. The largest absolute Gasteiger partial charge is 0.292 e. The molecule has 0 aromatic heterocycles. The van der Waals surface area contributed by atoms with Gasteiger partial charge in [0.1, 0.15) is 0 Å². The third kappa shape index (κ3) is 1.93. The summed E-state index contributed by atoms with van der Waals surface area (Å²) in [5, 5.41) is 0.120. The Morgan fingerprint density at radius 1 is 1.55 bits per heavy atom. The number of allylic oxidation sites excluding steroid dienone is 4. The van der Waals surface area contributed by atoms with Crippen molar-refractivity contribution in [2.45, 2.75) is 12.3 Å². The van der Waals surface area contributed by atoms with Gasteiger partial charge in [-0.15, -0.1) is 11.6 Å². The Morgan fingerprint density at radius 2 is 2.27 bits per heavy atom. The second kappa shape index (κ2) is 3.72. The van der Waals surface area contributed by atoms with Gasteiger partial charge in [-0.25, -0.2) is 0 Å². The van der Waals surface area contributed by atoms with E-state index < -0.39 is 0 Å². The Bertz CT molecular complexity index is 214. The monoisotopic (exact) mass is 169 g/mol. The lowest BCUT2D eigenvalue weighted by molar-refractivity contribution is 0.823. The maximum atomic E-state index is 5.96. The summed E-state index contributed by atoms with van der Waals surface area (Å²) in [7, 11) is 1.80. The van der Waals surface area contributed by atoms with Gasteiger partial charge in [-0.2, -0.15) is 0 Å². The zero-order chi connectivity index (χ0) is 8.27. The van der Waals surface area contributed by atoms with E-state index in [2.05, 4.69) is 11.1 Å². The van der Waals surface area contributed by atoms with Crippen LogP contribution in [0.25, 0.3) is 0 Å². The predicted molar refractivity (Wildman–Crippen MR) is 50.4 cm³/mol. The second-order valence-electron chi connectivity index (χ2n) is 2.60. The first-order valence-electron chi connectivity index (χ1n) is 3.71. The van der Waals surface area contributed by atoms with Crippen LogP contribution >= 0.6 is 11.6 Å². The molecule has 60 valence electrons. The number of halogens is 1. The second-order valence-corrected chi connectivity index (χ2v) is 3.28. The minimum absolute atomic E-state index is 0.120. The van der Waals surface area contributed by atoms with Crippen LogP contribution in [0.2, 0.25) is 0 Å². The molecule has 0 radical (unpaired) electrons.